The molecule has 1 fully saturated rings. The second-order valence-corrected chi connectivity index (χ2v) is 7.87. The number of amides is 1. The lowest BCUT2D eigenvalue weighted by atomic mass is 10.1. The molecule has 0 saturated heterocycles. The molecule has 2 aromatic carbocycles. The number of hydrogen-bond donors (Lipinski definition) is 2. The largest absolute Gasteiger partial charge is 0.383 e. The third kappa shape index (κ3) is 3.86. The minimum atomic E-state index is -0.361. The molecule has 0 atom stereocenters. The molecule has 0 radical (unpaired) electrons. The molecular formula is C21H18Cl2N4O2. The molecule has 0 aliphatic heterocycles. The summed E-state index contributed by atoms with van der Waals surface area (Å²) in [6.07, 6.45) is 3.50. The molecule has 1 heterocycles. The van der Waals surface area contributed by atoms with Gasteiger partial charge in [-0.1, -0.05) is 29.3 Å². The number of aryl methyl sites for hydroxylation is 1. The molecule has 6 nitrogen and oxygen atoms in total. The van der Waals surface area contributed by atoms with Gasteiger partial charge in [-0.3, -0.25) is 14.2 Å². The lowest BCUT2D eigenvalue weighted by Gasteiger charge is -2.12. The molecule has 4 rings (SSSR count). The highest BCUT2D eigenvalue weighted by Gasteiger charge is 2.24. The van der Waals surface area contributed by atoms with Crippen molar-refractivity contribution in [2.45, 2.75) is 25.8 Å². The van der Waals surface area contributed by atoms with Crippen LogP contribution in [0.5, 0.6) is 0 Å². The Morgan fingerprint density at radius 3 is 2.52 bits per heavy atom. The maximum Gasteiger partial charge on any atom is 0.251 e. The lowest BCUT2D eigenvalue weighted by molar-refractivity contribution is 0.0950. The number of nitrogens with zero attached hydrogens (tertiary/aromatic N) is 2. The van der Waals surface area contributed by atoms with Crippen molar-refractivity contribution >= 4 is 40.7 Å². The smallest absolute Gasteiger partial charge is 0.251 e. The number of nitrogen functional groups attached to an aromatic ring is 1. The SMILES string of the molecule is Cc1ccc(C(=O)NC2CC2)cc1-n1cnc(C(=O)c2ccc(Cl)c(Cl)c2)c1N. The summed E-state index contributed by atoms with van der Waals surface area (Å²) in [5.74, 6) is -0.302. The molecule has 1 aliphatic carbocycles. The predicted molar refractivity (Wildman–Crippen MR) is 113 cm³/mol. The van der Waals surface area contributed by atoms with Crippen LogP contribution in [0, 0.1) is 6.92 Å². The van der Waals surface area contributed by atoms with Crippen LogP contribution in [0.4, 0.5) is 5.82 Å². The Kier molecular flexibility index (Phi) is 5.06. The van der Waals surface area contributed by atoms with E-state index in [1.165, 1.54) is 12.4 Å². The Morgan fingerprint density at radius 2 is 1.83 bits per heavy atom. The van der Waals surface area contributed by atoms with Crippen molar-refractivity contribution in [2.24, 2.45) is 0 Å². The molecule has 0 unspecified atom stereocenters. The van der Waals surface area contributed by atoms with Crippen molar-refractivity contribution in [3.63, 3.8) is 0 Å². The van der Waals surface area contributed by atoms with E-state index in [0.29, 0.717) is 21.8 Å². The average molecular weight is 429 g/mol. The van der Waals surface area contributed by atoms with Gasteiger partial charge in [-0.2, -0.15) is 0 Å². The van der Waals surface area contributed by atoms with Crippen LogP contribution in [-0.4, -0.2) is 27.3 Å². The molecular weight excluding hydrogens is 411 g/mol. The highest BCUT2D eigenvalue weighted by molar-refractivity contribution is 6.42. The number of hydrogen-bond acceptors (Lipinski definition) is 4. The number of ketones is 1. The summed E-state index contributed by atoms with van der Waals surface area (Å²) in [5.41, 5.74) is 8.80. The summed E-state index contributed by atoms with van der Waals surface area (Å²) < 4.78 is 1.61. The molecule has 29 heavy (non-hydrogen) atoms. The van der Waals surface area contributed by atoms with Gasteiger partial charge in [0.05, 0.1) is 15.7 Å². The number of aromatic nitrogens is 2. The fourth-order valence-corrected chi connectivity index (χ4v) is 3.30. The number of benzene rings is 2. The Bertz CT molecular complexity index is 1140. The summed E-state index contributed by atoms with van der Waals surface area (Å²) >= 11 is 11.9. The van der Waals surface area contributed by atoms with Gasteiger partial charge in [0.25, 0.3) is 5.91 Å². The minimum Gasteiger partial charge on any atom is -0.383 e. The van der Waals surface area contributed by atoms with Crippen molar-refractivity contribution in [3.05, 3.63) is 75.2 Å². The quantitative estimate of drug-likeness (QED) is 0.595. The van der Waals surface area contributed by atoms with Crippen molar-refractivity contribution in [1.29, 1.82) is 0 Å². The number of carbonyl (C=O) groups excluding carboxylic acids is 2. The first-order valence-corrected chi connectivity index (χ1v) is 9.85. The summed E-state index contributed by atoms with van der Waals surface area (Å²) in [6, 6.07) is 10.2. The second-order valence-electron chi connectivity index (χ2n) is 7.06. The van der Waals surface area contributed by atoms with Crippen LogP contribution in [0.1, 0.15) is 44.8 Å². The molecule has 1 amide bonds. The molecule has 148 valence electrons. The number of anilines is 1. The number of nitrogens with two attached hydrogens (primary N) is 1. The fraction of sp³-hybridized carbons (Fsp3) is 0.190. The number of carbonyl (C=O) groups is 2. The molecule has 3 aromatic rings. The van der Waals surface area contributed by atoms with Gasteiger partial charge in [0.15, 0.2) is 5.69 Å². The van der Waals surface area contributed by atoms with E-state index in [-0.39, 0.29) is 34.3 Å². The van der Waals surface area contributed by atoms with E-state index < -0.39 is 0 Å². The Labute approximate surface area is 177 Å². The lowest BCUT2D eigenvalue weighted by Crippen LogP contribution is -2.25. The van der Waals surface area contributed by atoms with Crippen molar-refractivity contribution in [3.8, 4) is 5.69 Å². The highest BCUT2D eigenvalue weighted by atomic mass is 35.5. The van der Waals surface area contributed by atoms with E-state index in [4.69, 9.17) is 28.9 Å². The van der Waals surface area contributed by atoms with Crippen LogP contribution in [0.15, 0.2) is 42.7 Å². The van der Waals surface area contributed by atoms with Crippen LogP contribution in [0.2, 0.25) is 10.0 Å². The molecule has 8 heteroatoms. The zero-order chi connectivity index (χ0) is 20.7. The van der Waals surface area contributed by atoms with Gasteiger partial charge in [-0.15, -0.1) is 0 Å². The highest BCUT2D eigenvalue weighted by Crippen LogP contribution is 2.27. The Balaban J connectivity index is 1.68. The summed E-state index contributed by atoms with van der Waals surface area (Å²) in [7, 11) is 0. The maximum absolute atomic E-state index is 12.8. The zero-order valence-corrected chi connectivity index (χ0v) is 17.1. The molecule has 0 spiro atoms. The topological polar surface area (TPSA) is 90.0 Å². The van der Waals surface area contributed by atoms with E-state index in [9.17, 15) is 9.59 Å². The minimum absolute atomic E-state index is 0.107. The Morgan fingerprint density at radius 1 is 1.10 bits per heavy atom. The van der Waals surface area contributed by atoms with Gasteiger partial charge in [0, 0.05) is 17.2 Å². The van der Waals surface area contributed by atoms with Crippen LogP contribution < -0.4 is 11.1 Å². The molecule has 1 aliphatic rings. The third-order valence-corrected chi connectivity index (χ3v) is 5.58. The van der Waals surface area contributed by atoms with E-state index >= 15 is 0 Å². The van der Waals surface area contributed by atoms with E-state index in [2.05, 4.69) is 10.3 Å². The van der Waals surface area contributed by atoms with E-state index in [0.717, 1.165) is 18.4 Å². The Hall–Kier alpha value is -2.83. The average Bonchev–Trinajstić information content (AvgIpc) is 3.43. The van der Waals surface area contributed by atoms with E-state index in [1.54, 1.807) is 28.8 Å². The molecule has 1 saturated carbocycles. The maximum atomic E-state index is 12.8. The molecule has 1 aromatic heterocycles. The zero-order valence-electron chi connectivity index (χ0n) is 15.6. The molecule has 0 bridgehead atoms. The number of halogens is 2. The van der Waals surface area contributed by atoms with Gasteiger partial charge in [0.1, 0.15) is 12.1 Å². The van der Waals surface area contributed by atoms with Crippen LogP contribution in [0.25, 0.3) is 5.69 Å². The monoisotopic (exact) mass is 428 g/mol. The van der Waals surface area contributed by atoms with Crippen LogP contribution in [-0.2, 0) is 0 Å². The van der Waals surface area contributed by atoms with Crippen molar-refractivity contribution < 1.29 is 9.59 Å². The van der Waals surface area contributed by atoms with Gasteiger partial charge in [0.2, 0.25) is 5.78 Å². The van der Waals surface area contributed by atoms with Gasteiger partial charge >= 0.3 is 0 Å². The number of rotatable bonds is 5. The van der Waals surface area contributed by atoms with Crippen LogP contribution in [0.3, 0.4) is 0 Å². The van der Waals surface area contributed by atoms with Gasteiger partial charge < -0.3 is 11.1 Å². The second kappa shape index (κ2) is 7.54. The number of nitrogens with one attached hydrogen (secondary N) is 1. The summed E-state index contributed by atoms with van der Waals surface area (Å²) in [5, 5.41) is 3.60. The summed E-state index contributed by atoms with van der Waals surface area (Å²) in [6.45, 7) is 1.90. The number of imidazole rings is 1. The third-order valence-electron chi connectivity index (χ3n) is 4.84. The fourth-order valence-electron chi connectivity index (χ4n) is 3.01. The van der Waals surface area contributed by atoms with E-state index in [1.807, 2.05) is 13.0 Å². The van der Waals surface area contributed by atoms with Gasteiger partial charge in [-0.05, 0) is 55.7 Å². The van der Waals surface area contributed by atoms with Crippen LogP contribution >= 0.6 is 23.2 Å². The molecule has 3 N–H and O–H groups in total. The first kappa shape index (κ1) is 19.5. The first-order valence-electron chi connectivity index (χ1n) is 9.09. The van der Waals surface area contributed by atoms with Crippen molar-refractivity contribution in [2.75, 3.05) is 5.73 Å². The first-order chi connectivity index (χ1) is 13.8. The summed E-state index contributed by atoms with van der Waals surface area (Å²) in [4.78, 5) is 29.4. The standard InChI is InChI=1S/C21H18Cl2N4O2/c1-11-2-3-13(21(29)26-14-5-6-14)9-17(11)27-10-25-18(20(27)24)19(28)12-4-7-15(22)16(23)8-12/h2-4,7-10,14H,5-6,24H2,1H3,(H,26,29). The predicted octanol–water partition coefficient (Wildman–Crippen LogP) is 4.19. The van der Waals surface area contributed by atoms with Gasteiger partial charge in [-0.25, -0.2) is 4.98 Å². The normalized spacial score (nSPS) is 13.3. The van der Waals surface area contributed by atoms with Crippen molar-refractivity contribution in [1.82, 2.24) is 14.9 Å².